The number of hydrogen-bond donors (Lipinski definition) is 1. The number of amides is 1. The molecule has 1 aromatic heterocycles. The van der Waals surface area contributed by atoms with Crippen LogP contribution in [0.3, 0.4) is 0 Å². The second-order valence-corrected chi connectivity index (χ2v) is 8.68. The monoisotopic (exact) mass is 351 g/mol. The molecule has 7 heteroatoms. The van der Waals surface area contributed by atoms with Crippen LogP contribution in [0.5, 0.6) is 0 Å². The molecule has 1 saturated heterocycles. The Kier molecular flexibility index (Phi) is 4.77. The molecule has 0 unspecified atom stereocenters. The predicted octanol–water partition coefficient (Wildman–Crippen LogP) is 2.49. The minimum absolute atomic E-state index is 0.0282. The van der Waals surface area contributed by atoms with E-state index in [1.807, 2.05) is 24.3 Å². The van der Waals surface area contributed by atoms with Gasteiger partial charge in [-0.3, -0.25) is 4.79 Å². The summed E-state index contributed by atoms with van der Waals surface area (Å²) in [5.41, 5.74) is 0.563. The zero-order valence-electron chi connectivity index (χ0n) is 12.4. The number of benzene rings is 1. The van der Waals surface area contributed by atoms with Gasteiger partial charge in [0.25, 0.3) is 5.91 Å². The molecule has 3 rings (SSSR count). The molecule has 0 saturated carbocycles. The Labute approximate surface area is 139 Å². The van der Waals surface area contributed by atoms with Gasteiger partial charge in [0.05, 0.1) is 29.1 Å². The fraction of sp³-hybridized carbons (Fsp3) is 0.312. The van der Waals surface area contributed by atoms with Crippen LogP contribution < -0.4 is 5.32 Å². The highest BCUT2D eigenvalue weighted by Gasteiger charge is 2.29. The summed E-state index contributed by atoms with van der Waals surface area (Å²) in [5.74, 6) is 1.42. The van der Waals surface area contributed by atoms with Crippen LogP contribution in [-0.4, -0.2) is 31.9 Å². The van der Waals surface area contributed by atoms with Crippen molar-refractivity contribution >= 4 is 27.5 Å². The molecular formula is C16H17NO4S2. The van der Waals surface area contributed by atoms with Crippen LogP contribution in [0.4, 0.5) is 0 Å². The van der Waals surface area contributed by atoms with Crippen molar-refractivity contribution in [3.05, 3.63) is 54.0 Å². The molecule has 0 radical (unpaired) electrons. The Morgan fingerprint density at radius 1 is 1.26 bits per heavy atom. The van der Waals surface area contributed by atoms with Crippen LogP contribution in [0.25, 0.3) is 0 Å². The maximum atomic E-state index is 12.5. The fourth-order valence-corrected chi connectivity index (χ4v) is 5.12. The van der Waals surface area contributed by atoms with Crippen molar-refractivity contribution in [2.24, 2.45) is 0 Å². The normalized spacial score (nSPS) is 19.6. The zero-order valence-corrected chi connectivity index (χ0v) is 14.0. The second-order valence-electron chi connectivity index (χ2n) is 5.44. The predicted molar refractivity (Wildman–Crippen MR) is 89.2 cm³/mol. The van der Waals surface area contributed by atoms with Crippen molar-refractivity contribution in [2.45, 2.75) is 23.1 Å². The van der Waals surface area contributed by atoms with Gasteiger partial charge in [-0.05, 0) is 30.7 Å². The van der Waals surface area contributed by atoms with Gasteiger partial charge in [-0.1, -0.05) is 12.1 Å². The van der Waals surface area contributed by atoms with Crippen molar-refractivity contribution in [3.8, 4) is 0 Å². The maximum Gasteiger partial charge on any atom is 0.252 e. The van der Waals surface area contributed by atoms with Crippen molar-refractivity contribution in [1.82, 2.24) is 5.32 Å². The summed E-state index contributed by atoms with van der Waals surface area (Å²) < 4.78 is 28.3. The number of carbonyl (C=O) groups is 1. The Bertz CT molecular complexity index is 784. The maximum absolute atomic E-state index is 12.5. The van der Waals surface area contributed by atoms with E-state index in [0.717, 1.165) is 10.7 Å². The number of nitrogens with one attached hydrogen (secondary N) is 1. The number of carbonyl (C=O) groups excluding carboxylic acids is 1. The van der Waals surface area contributed by atoms with Crippen molar-refractivity contribution in [2.75, 3.05) is 11.5 Å². The minimum Gasteiger partial charge on any atom is -0.468 e. The van der Waals surface area contributed by atoms with E-state index >= 15 is 0 Å². The first-order valence-electron chi connectivity index (χ1n) is 7.29. The molecule has 1 aliphatic heterocycles. The van der Waals surface area contributed by atoms with Crippen LogP contribution in [0.1, 0.15) is 22.5 Å². The van der Waals surface area contributed by atoms with E-state index in [1.54, 1.807) is 18.4 Å². The molecule has 23 heavy (non-hydrogen) atoms. The Hall–Kier alpha value is -1.73. The zero-order chi connectivity index (χ0) is 16.3. The van der Waals surface area contributed by atoms with E-state index < -0.39 is 9.84 Å². The molecule has 1 aliphatic rings. The van der Waals surface area contributed by atoms with Gasteiger partial charge in [0.2, 0.25) is 0 Å². The first-order chi connectivity index (χ1) is 11.0. The lowest BCUT2D eigenvalue weighted by Crippen LogP contribution is -2.35. The molecule has 0 bridgehead atoms. The van der Waals surface area contributed by atoms with Gasteiger partial charge in [0, 0.05) is 10.9 Å². The lowest BCUT2D eigenvalue weighted by molar-refractivity contribution is 0.0938. The first-order valence-corrected chi connectivity index (χ1v) is 10.1. The minimum atomic E-state index is -3.01. The second kappa shape index (κ2) is 6.80. The largest absolute Gasteiger partial charge is 0.468 e. The third-order valence-corrected chi connectivity index (χ3v) is 6.51. The van der Waals surface area contributed by atoms with Crippen LogP contribution in [0, 0.1) is 0 Å². The average molecular weight is 351 g/mol. The van der Waals surface area contributed by atoms with E-state index in [-0.39, 0.29) is 23.5 Å². The van der Waals surface area contributed by atoms with E-state index in [4.69, 9.17) is 4.42 Å². The standard InChI is InChI=1S/C16H17NO4S2/c18-16(17-12-7-9-23(19,20)11-12)14-5-1-2-6-15(14)22-10-13-4-3-8-21-13/h1-6,8,12H,7,9-11H2,(H,17,18)/t12-/m0/s1. The lowest BCUT2D eigenvalue weighted by Gasteiger charge is -2.13. The summed E-state index contributed by atoms with van der Waals surface area (Å²) >= 11 is 1.52. The topological polar surface area (TPSA) is 76.4 Å². The van der Waals surface area contributed by atoms with Gasteiger partial charge < -0.3 is 9.73 Å². The molecule has 122 valence electrons. The van der Waals surface area contributed by atoms with Crippen molar-refractivity contribution in [1.29, 1.82) is 0 Å². The summed E-state index contributed by atoms with van der Waals surface area (Å²) in [6.07, 6.45) is 2.10. The first kappa shape index (κ1) is 16.1. The molecule has 1 fully saturated rings. The molecule has 2 aromatic rings. The summed E-state index contributed by atoms with van der Waals surface area (Å²) in [5, 5.41) is 2.83. The molecule has 1 aromatic carbocycles. The molecule has 1 atom stereocenters. The smallest absolute Gasteiger partial charge is 0.252 e. The van der Waals surface area contributed by atoms with Crippen LogP contribution in [0.15, 0.2) is 52.0 Å². The van der Waals surface area contributed by atoms with Crippen LogP contribution >= 0.6 is 11.8 Å². The van der Waals surface area contributed by atoms with E-state index in [1.165, 1.54) is 11.8 Å². The third kappa shape index (κ3) is 4.17. The third-order valence-electron chi connectivity index (χ3n) is 3.65. The number of sulfone groups is 1. The van der Waals surface area contributed by atoms with Crippen molar-refractivity contribution in [3.63, 3.8) is 0 Å². The van der Waals surface area contributed by atoms with Gasteiger partial charge in [-0.2, -0.15) is 0 Å². The van der Waals surface area contributed by atoms with Gasteiger partial charge >= 0.3 is 0 Å². The van der Waals surface area contributed by atoms with Gasteiger partial charge in [0.15, 0.2) is 9.84 Å². The number of furan rings is 1. The summed E-state index contributed by atoms with van der Waals surface area (Å²) in [6, 6.07) is 10.7. The number of rotatable bonds is 5. The summed E-state index contributed by atoms with van der Waals surface area (Å²) in [6.45, 7) is 0. The highest BCUT2D eigenvalue weighted by atomic mass is 32.2. The molecule has 2 heterocycles. The average Bonchev–Trinajstić information content (AvgIpc) is 3.15. The van der Waals surface area contributed by atoms with E-state index in [9.17, 15) is 13.2 Å². The Morgan fingerprint density at radius 2 is 2.09 bits per heavy atom. The van der Waals surface area contributed by atoms with Gasteiger partial charge in [-0.15, -0.1) is 11.8 Å². The summed E-state index contributed by atoms with van der Waals surface area (Å²) in [4.78, 5) is 13.3. The van der Waals surface area contributed by atoms with Crippen molar-refractivity contribution < 1.29 is 17.6 Å². The van der Waals surface area contributed by atoms with Crippen LogP contribution in [-0.2, 0) is 15.6 Å². The quantitative estimate of drug-likeness (QED) is 0.838. The van der Waals surface area contributed by atoms with Gasteiger partial charge in [-0.25, -0.2) is 8.42 Å². The molecule has 1 amide bonds. The molecule has 5 nitrogen and oxygen atoms in total. The number of thioether (sulfide) groups is 1. The molecular weight excluding hydrogens is 334 g/mol. The molecule has 0 spiro atoms. The summed E-state index contributed by atoms with van der Waals surface area (Å²) in [7, 11) is -3.01. The van der Waals surface area contributed by atoms with E-state index in [0.29, 0.717) is 17.7 Å². The fourth-order valence-electron chi connectivity index (χ4n) is 2.50. The van der Waals surface area contributed by atoms with Gasteiger partial charge in [0.1, 0.15) is 5.76 Å². The Morgan fingerprint density at radius 3 is 2.78 bits per heavy atom. The lowest BCUT2D eigenvalue weighted by atomic mass is 10.2. The number of hydrogen-bond acceptors (Lipinski definition) is 5. The van der Waals surface area contributed by atoms with E-state index in [2.05, 4.69) is 5.32 Å². The molecule has 1 N–H and O–H groups in total. The highest BCUT2D eigenvalue weighted by Crippen LogP contribution is 2.26. The highest BCUT2D eigenvalue weighted by molar-refractivity contribution is 7.98. The Balaban J connectivity index is 1.68. The van der Waals surface area contributed by atoms with Crippen LogP contribution in [0.2, 0.25) is 0 Å². The molecule has 0 aliphatic carbocycles. The SMILES string of the molecule is O=C(N[C@H]1CCS(=O)(=O)C1)c1ccccc1SCc1ccco1.